The molecule has 1 heterocycles. The number of rotatable bonds is 5. The third-order valence-corrected chi connectivity index (χ3v) is 5.75. The summed E-state index contributed by atoms with van der Waals surface area (Å²) in [6, 6.07) is 9.50. The van der Waals surface area contributed by atoms with E-state index in [1.165, 1.54) is 24.0 Å². The summed E-state index contributed by atoms with van der Waals surface area (Å²) >= 11 is 12.3. The molecule has 1 aliphatic heterocycles. The molecule has 0 saturated heterocycles. The second kappa shape index (κ2) is 8.74. The van der Waals surface area contributed by atoms with Crippen molar-refractivity contribution in [3.8, 4) is 0 Å². The zero-order valence-corrected chi connectivity index (χ0v) is 17.8. The number of halogens is 4. The normalized spacial score (nSPS) is 13.8. The quantitative estimate of drug-likeness (QED) is 0.706. The Morgan fingerprint density at radius 3 is 2.43 bits per heavy atom. The molecule has 0 atom stereocenters. The van der Waals surface area contributed by atoms with Crippen molar-refractivity contribution in [3.63, 3.8) is 0 Å². The van der Waals surface area contributed by atoms with Gasteiger partial charge in [0.2, 0.25) is 11.8 Å². The van der Waals surface area contributed by atoms with E-state index in [0.29, 0.717) is 32.4 Å². The zero-order valence-electron chi connectivity index (χ0n) is 16.3. The monoisotopic (exact) mass is 452 g/mol. The van der Waals surface area contributed by atoms with Gasteiger partial charge in [-0.2, -0.15) is 8.78 Å². The second-order valence-corrected chi connectivity index (χ2v) is 7.88. The van der Waals surface area contributed by atoms with Crippen LogP contribution in [0.2, 0.25) is 10.0 Å². The average Bonchev–Trinajstić information content (AvgIpc) is 2.69. The number of amides is 2. The number of fused-ring (bicyclic) bond motifs is 1. The molecule has 4 nitrogen and oxygen atoms in total. The Hall–Kier alpha value is -2.44. The van der Waals surface area contributed by atoms with Crippen LogP contribution in [-0.4, -0.2) is 29.8 Å². The molecule has 0 saturated carbocycles. The number of carbonyl (C=O) groups excluding carboxylic acids is 2. The van der Waals surface area contributed by atoms with E-state index >= 15 is 0 Å². The molecule has 0 fully saturated rings. The topological polar surface area (TPSA) is 49.4 Å². The summed E-state index contributed by atoms with van der Waals surface area (Å²) in [5, 5.41) is 2.94. The Bertz CT molecular complexity index is 1000. The molecule has 1 N–H and O–H groups in total. The lowest BCUT2D eigenvalue weighted by Crippen LogP contribution is -2.38. The Balaban J connectivity index is 1.86. The van der Waals surface area contributed by atoms with Crippen LogP contribution in [0.5, 0.6) is 0 Å². The number of nitrogens with one attached hydrogen (secondary N) is 1. The molecule has 0 aromatic heterocycles. The predicted octanol–water partition coefficient (Wildman–Crippen LogP) is 4.82. The highest BCUT2D eigenvalue weighted by molar-refractivity contribution is 6.36. The number of nitrogens with zero attached hydrogens (tertiary/aromatic N) is 1. The van der Waals surface area contributed by atoms with Crippen LogP contribution in [0.25, 0.3) is 5.70 Å². The van der Waals surface area contributed by atoms with Gasteiger partial charge < -0.3 is 10.2 Å². The summed E-state index contributed by atoms with van der Waals surface area (Å²) < 4.78 is 29.4. The number of hydrogen-bond donors (Lipinski definition) is 1. The predicted molar refractivity (Wildman–Crippen MR) is 114 cm³/mol. The van der Waals surface area contributed by atoms with E-state index in [1.54, 1.807) is 24.3 Å². The Morgan fingerprint density at radius 2 is 1.80 bits per heavy atom. The van der Waals surface area contributed by atoms with Crippen LogP contribution in [0.3, 0.4) is 0 Å². The first-order valence-corrected chi connectivity index (χ1v) is 10.0. The lowest BCUT2D eigenvalue weighted by Gasteiger charge is -2.33. The fourth-order valence-corrected chi connectivity index (χ4v) is 4.06. The first-order valence-electron chi connectivity index (χ1n) is 9.29. The van der Waals surface area contributed by atoms with E-state index < -0.39 is 18.4 Å². The molecule has 2 aromatic rings. The molecule has 0 aliphatic carbocycles. The molecular formula is C22H20Cl2F2N2O2. The van der Waals surface area contributed by atoms with Crippen molar-refractivity contribution in [1.82, 2.24) is 10.2 Å². The molecule has 3 rings (SSSR count). The Morgan fingerprint density at radius 1 is 1.17 bits per heavy atom. The molecule has 0 radical (unpaired) electrons. The van der Waals surface area contributed by atoms with E-state index in [-0.39, 0.29) is 30.9 Å². The highest BCUT2D eigenvalue weighted by Crippen LogP contribution is 2.37. The van der Waals surface area contributed by atoms with Crippen LogP contribution >= 0.6 is 23.2 Å². The van der Waals surface area contributed by atoms with Crippen molar-refractivity contribution in [3.05, 3.63) is 75.3 Å². The maximum absolute atomic E-state index is 14.7. The minimum absolute atomic E-state index is 0.0226. The Labute approximate surface area is 183 Å². The van der Waals surface area contributed by atoms with Crippen molar-refractivity contribution in [2.75, 3.05) is 13.1 Å². The lowest BCUT2D eigenvalue weighted by atomic mass is 9.89. The van der Waals surface area contributed by atoms with Gasteiger partial charge in [-0.3, -0.25) is 9.59 Å². The first-order chi connectivity index (χ1) is 14.1. The number of benzene rings is 2. The summed E-state index contributed by atoms with van der Waals surface area (Å²) in [4.78, 5) is 25.4. The van der Waals surface area contributed by atoms with Crippen molar-refractivity contribution in [1.29, 1.82) is 0 Å². The van der Waals surface area contributed by atoms with Crippen LogP contribution < -0.4 is 5.32 Å². The third kappa shape index (κ3) is 4.50. The molecule has 0 bridgehead atoms. The molecule has 158 valence electrons. The van der Waals surface area contributed by atoms with Gasteiger partial charge in [0.1, 0.15) is 0 Å². The zero-order chi connectivity index (χ0) is 22.1. The van der Waals surface area contributed by atoms with Crippen LogP contribution in [0, 0.1) is 0 Å². The molecule has 0 spiro atoms. The van der Waals surface area contributed by atoms with Gasteiger partial charge in [0.05, 0.1) is 13.0 Å². The fourth-order valence-electron chi connectivity index (χ4n) is 3.53. The van der Waals surface area contributed by atoms with Crippen molar-refractivity contribution < 1.29 is 18.4 Å². The summed E-state index contributed by atoms with van der Waals surface area (Å²) in [7, 11) is 0. The fraction of sp³-hybridized carbons (Fsp3) is 0.273. The molecule has 8 heteroatoms. The van der Waals surface area contributed by atoms with Gasteiger partial charge in [0.25, 0.3) is 5.92 Å². The highest BCUT2D eigenvalue weighted by Gasteiger charge is 2.37. The van der Waals surface area contributed by atoms with Crippen LogP contribution in [0.1, 0.15) is 29.2 Å². The standard InChI is InChI=1S/C22H20Cl2F2N2O2/c1-13-15-5-3-6-18(22(25,26)12-27-14(2)29)16(15)9-10-28(13)21(30)11-17-19(23)7-4-8-20(17)24/h3-8H,1,9-12H2,2H3,(H,27,29). The molecule has 1 aliphatic rings. The van der Waals surface area contributed by atoms with E-state index in [4.69, 9.17) is 23.2 Å². The van der Waals surface area contributed by atoms with Crippen LogP contribution in [-0.2, 0) is 28.4 Å². The van der Waals surface area contributed by atoms with Gasteiger partial charge in [0.15, 0.2) is 0 Å². The second-order valence-electron chi connectivity index (χ2n) is 7.06. The molecule has 2 amide bonds. The largest absolute Gasteiger partial charge is 0.350 e. The summed E-state index contributed by atoms with van der Waals surface area (Å²) in [6.45, 7) is 4.57. The number of carbonyl (C=O) groups is 2. The Kier molecular flexibility index (Phi) is 6.48. The van der Waals surface area contributed by atoms with Gasteiger partial charge in [-0.25, -0.2) is 0 Å². The highest BCUT2D eigenvalue weighted by atomic mass is 35.5. The maximum atomic E-state index is 14.7. The average molecular weight is 453 g/mol. The lowest BCUT2D eigenvalue weighted by molar-refractivity contribution is -0.127. The number of alkyl halides is 2. The SMILES string of the molecule is C=C1c2cccc(C(F)(F)CNC(C)=O)c2CCN1C(=O)Cc1c(Cl)cccc1Cl. The number of hydrogen-bond acceptors (Lipinski definition) is 2. The maximum Gasteiger partial charge on any atom is 0.290 e. The van der Waals surface area contributed by atoms with Gasteiger partial charge >= 0.3 is 0 Å². The van der Waals surface area contributed by atoms with E-state index in [2.05, 4.69) is 11.9 Å². The van der Waals surface area contributed by atoms with Gasteiger partial charge in [-0.05, 0) is 29.7 Å². The summed E-state index contributed by atoms with van der Waals surface area (Å²) in [6.07, 6.45) is 0.216. The summed E-state index contributed by atoms with van der Waals surface area (Å²) in [5.41, 5.74) is 1.61. The van der Waals surface area contributed by atoms with E-state index in [9.17, 15) is 18.4 Å². The molecule has 0 unspecified atom stereocenters. The molecule has 30 heavy (non-hydrogen) atoms. The van der Waals surface area contributed by atoms with Gasteiger partial charge in [0, 0.05) is 40.3 Å². The van der Waals surface area contributed by atoms with Crippen molar-refractivity contribution in [2.24, 2.45) is 0 Å². The van der Waals surface area contributed by atoms with E-state index in [0.717, 1.165) is 0 Å². The minimum atomic E-state index is -3.24. The summed E-state index contributed by atoms with van der Waals surface area (Å²) in [5.74, 6) is -4.04. The van der Waals surface area contributed by atoms with Crippen molar-refractivity contribution in [2.45, 2.75) is 25.7 Å². The molecule has 2 aromatic carbocycles. The van der Waals surface area contributed by atoms with E-state index in [1.807, 2.05) is 0 Å². The first kappa shape index (κ1) is 22.2. The third-order valence-electron chi connectivity index (χ3n) is 5.04. The van der Waals surface area contributed by atoms with Crippen LogP contribution in [0.15, 0.2) is 43.0 Å². The minimum Gasteiger partial charge on any atom is -0.350 e. The van der Waals surface area contributed by atoms with Crippen molar-refractivity contribution >= 4 is 40.7 Å². The van der Waals surface area contributed by atoms with Crippen LogP contribution in [0.4, 0.5) is 8.78 Å². The van der Waals surface area contributed by atoms with Gasteiger partial charge in [-0.1, -0.05) is 54.0 Å². The smallest absolute Gasteiger partial charge is 0.290 e. The molecular weight excluding hydrogens is 433 g/mol. The van der Waals surface area contributed by atoms with Gasteiger partial charge in [-0.15, -0.1) is 0 Å².